The Kier molecular flexibility index (Phi) is 5.71. The molecule has 1 heterocycles. The first-order valence-electron chi connectivity index (χ1n) is 6.88. The van der Waals surface area contributed by atoms with E-state index in [1.54, 1.807) is 0 Å². The molecule has 4 heteroatoms. The summed E-state index contributed by atoms with van der Waals surface area (Å²) in [5.74, 6) is -0.178. The highest BCUT2D eigenvalue weighted by atomic mass is 32.1. The van der Waals surface area contributed by atoms with Crippen molar-refractivity contribution in [1.29, 1.82) is 0 Å². The lowest BCUT2D eigenvalue weighted by molar-refractivity contribution is 0.322. The minimum atomic E-state index is -0.178. The second-order valence-electron chi connectivity index (χ2n) is 4.95. The van der Waals surface area contributed by atoms with Crippen LogP contribution in [0.4, 0.5) is 4.39 Å². The van der Waals surface area contributed by atoms with E-state index < -0.39 is 0 Å². The molecule has 1 aromatic carbocycles. The minimum absolute atomic E-state index is 0.178. The van der Waals surface area contributed by atoms with E-state index >= 15 is 0 Å². The molecule has 0 aliphatic heterocycles. The number of nitrogens with one attached hydrogen (secondary N) is 1. The number of halogens is 1. The van der Waals surface area contributed by atoms with Crippen LogP contribution < -0.4 is 5.32 Å². The van der Waals surface area contributed by atoms with E-state index in [-0.39, 0.29) is 5.82 Å². The van der Waals surface area contributed by atoms with Gasteiger partial charge in [-0.15, -0.1) is 11.3 Å². The third kappa shape index (κ3) is 4.71. The van der Waals surface area contributed by atoms with Gasteiger partial charge in [0.05, 0.1) is 0 Å². The van der Waals surface area contributed by atoms with Gasteiger partial charge in [0.1, 0.15) is 5.82 Å². The molecule has 0 saturated heterocycles. The van der Waals surface area contributed by atoms with E-state index in [1.165, 1.54) is 21.9 Å². The fourth-order valence-electron chi connectivity index (χ4n) is 2.07. The van der Waals surface area contributed by atoms with Crippen LogP contribution in [-0.2, 0) is 19.6 Å². The standard InChI is InChI=1S/C16H21FN2S/c1-3-18-10-15-8-9-16(20-15)12-19(2)11-13-4-6-14(17)7-5-13/h4-9,18H,3,10-12H2,1-2H3. The van der Waals surface area contributed by atoms with Crippen molar-refractivity contribution < 1.29 is 4.39 Å². The Labute approximate surface area is 124 Å². The summed E-state index contributed by atoms with van der Waals surface area (Å²) in [6, 6.07) is 11.1. The lowest BCUT2D eigenvalue weighted by atomic mass is 10.2. The van der Waals surface area contributed by atoms with Crippen molar-refractivity contribution in [2.45, 2.75) is 26.6 Å². The van der Waals surface area contributed by atoms with Crippen molar-refractivity contribution in [2.24, 2.45) is 0 Å². The van der Waals surface area contributed by atoms with Crippen molar-refractivity contribution in [3.63, 3.8) is 0 Å². The number of rotatable bonds is 7. The molecule has 0 fully saturated rings. The summed E-state index contributed by atoms with van der Waals surface area (Å²) in [5, 5.41) is 3.34. The molecule has 108 valence electrons. The second kappa shape index (κ2) is 7.53. The number of thiophene rings is 1. The first-order chi connectivity index (χ1) is 9.67. The van der Waals surface area contributed by atoms with Gasteiger partial charge in [-0.2, -0.15) is 0 Å². The summed E-state index contributed by atoms with van der Waals surface area (Å²) in [6.07, 6.45) is 0. The number of benzene rings is 1. The van der Waals surface area contributed by atoms with Crippen LogP contribution in [0.15, 0.2) is 36.4 Å². The maximum Gasteiger partial charge on any atom is 0.123 e. The zero-order valence-electron chi connectivity index (χ0n) is 12.0. The molecule has 0 saturated carbocycles. The van der Waals surface area contributed by atoms with Crippen LogP contribution in [0.3, 0.4) is 0 Å². The zero-order chi connectivity index (χ0) is 14.4. The summed E-state index contributed by atoms with van der Waals surface area (Å²) in [7, 11) is 2.09. The van der Waals surface area contributed by atoms with Gasteiger partial charge >= 0.3 is 0 Å². The van der Waals surface area contributed by atoms with E-state index in [2.05, 4.69) is 36.3 Å². The molecule has 1 N–H and O–H groups in total. The van der Waals surface area contributed by atoms with Gasteiger partial charge in [0.2, 0.25) is 0 Å². The first-order valence-corrected chi connectivity index (χ1v) is 7.70. The highest BCUT2D eigenvalue weighted by Gasteiger charge is 2.05. The molecule has 0 aliphatic carbocycles. The summed E-state index contributed by atoms with van der Waals surface area (Å²) in [4.78, 5) is 4.98. The minimum Gasteiger partial charge on any atom is -0.312 e. The Morgan fingerprint density at radius 1 is 1.05 bits per heavy atom. The van der Waals surface area contributed by atoms with Gasteiger partial charge in [-0.1, -0.05) is 19.1 Å². The molecular weight excluding hydrogens is 271 g/mol. The van der Waals surface area contributed by atoms with E-state index in [0.717, 1.165) is 31.7 Å². The van der Waals surface area contributed by atoms with Gasteiger partial charge in [-0.3, -0.25) is 4.90 Å². The van der Waals surface area contributed by atoms with Gasteiger partial charge < -0.3 is 5.32 Å². The van der Waals surface area contributed by atoms with Crippen LogP contribution >= 0.6 is 11.3 Å². The molecule has 0 amide bonds. The van der Waals surface area contributed by atoms with Crippen LogP contribution in [0.25, 0.3) is 0 Å². The fourth-order valence-corrected chi connectivity index (χ4v) is 3.14. The van der Waals surface area contributed by atoms with Crippen molar-refractivity contribution >= 4 is 11.3 Å². The van der Waals surface area contributed by atoms with E-state index in [1.807, 2.05) is 23.5 Å². The third-order valence-electron chi connectivity index (χ3n) is 3.06. The lowest BCUT2D eigenvalue weighted by Crippen LogP contribution is -2.16. The van der Waals surface area contributed by atoms with Crippen LogP contribution in [0.2, 0.25) is 0 Å². The first kappa shape index (κ1) is 15.2. The van der Waals surface area contributed by atoms with Gasteiger partial charge in [0, 0.05) is 29.4 Å². The maximum absolute atomic E-state index is 12.9. The normalized spacial score (nSPS) is 11.2. The summed E-state index contributed by atoms with van der Waals surface area (Å²) in [6.45, 7) is 5.82. The second-order valence-corrected chi connectivity index (χ2v) is 6.20. The molecule has 20 heavy (non-hydrogen) atoms. The Hall–Kier alpha value is -1.23. The molecule has 0 atom stereocenters. The molecule has 0 radical (unpaired) electrons. The van der Waals surface area contributed by atoms with Crippen LogP contribution in [0.1, 0.15) is 22.2 Å². The molecule has 1 aromatic heterocycles. The van der Waals surface area contributed by atoms with E-state index in [4.69, 9.17) is 0 Å². The molecule has 2 rings (SSSR count). The lowest BCUT2D eigenvalue weighted by Gasteiger charge is -2.15. The van der Waals surface area contributed by atoms with E-state index in [9.17, 15) is 4.39 Å². The van der Waals surface area contributed by atoms with Gasteiger partial charge in [0.15, 0.2) is 0 Å². The van der Waals surface area contributed by atoms with Gasteiger partial charge in [-0.05, 0) is 43.4 Å². The SMILES string of the molecule is CCNCc1ccc(CN(C)Cc2ccc(F)cc2)s1. The van der Waals surface area contributed by atoms with Crippen molar-refractivity contribution in [2.75, 3.05) is 13.6 Å². The number of nitrogens with zero attached hydrogens (tertiary/aromatic N) is 1. The quantitative estimate of drug-likeness (QED) is 0.838. The van der Waals surface area contributed by atoms with Crippen LogP contribution in [-0.4, -0.2) is 18.5 Å². The summed E-state index contributed by atoms with van der Waals surface area (Å²) >= 11 is 1.85. The number of hydrogen-bond donors (Lipinski definition) is 1. The van der Waals surface area contributed by atoms with Crippen molar-refractivity contribution in [1.82, 2.24) is 10.2 Å². The fraction of sp³-hybridized carbons (Fsp3) is 0.375. The Balaban J connectivity index is 1.86. The smallest absolute Gasteiger partial charge is 0.123 e. The molecule has 2 aromatic rings. The molecule has 2 nitrogen and oxygen atoms in total. The highest BCUT2D eigenvalue weighted by molar-refractivity contribution is 7.11. The van der Waals surface area contributed by atoms with Crippen molar-refractivity contribution in [3.8, 4) is 0 Å². The summed E-state index contributed by atoms with van der Waals surface area (Å²) in [5.41, 5.74) is 1.14. The Morgan fingerprint density at radius 2 is 1.75 bits per heavy atom. The zero-order valence-corrected chi connectivity index (χ0v) is 12.8. The molecule has 0 spiro atoms. The molecule has 0 aliphatic rings. The predicted octanol–water partition coefficient (Wildman–Crippen LogP) is 3.63. The predicted molar refractivity (Wildman–Crippen MR) is 83.3 cm³/mol. The maximum atomic E-state index is 12.9. The summed E-state index contributed by atoms with van der Waals surface area (Å²) < 4.78 is 12.9. The van der Waals surface area contributed by atoms with Crippen LogP contribution in [0.5, 0.6) is 0 Å². The third-order valence-corrected chi connectivity index (χ3v) is 4.13. The Morgan fingerprint density at radius 3 is 2.45 bits per heavy atom. The van der Waals surface area contributed by atoms with Gasteiger partial charge in [-0.25, -0.2) is 4.39 Å². The monoisotopic (exact) mass is 292 g/mol. The number of hydrogen-bond acceptors (Lipinski definition) is 3. The average molecular weight is 292 g/mol. The van der Waals surface area contributed by atoms with Crippen molar-refractivity contribution in [3.05, 3.63) is 57.5 Å². The van der Waals surface area contributed by atoms with Gasteiger partial charge in [0.25, 0.3) is 0 Å². The largest absolute Gasteiger partial charge is 0.312 e. The molecule has 0 unspecified atom stereocenters. The molecule has 0 bridgehead atoms. The average Bonchev–Trinajstić information content (AvgIpc) is 2.86. The molecular formula is C16H21FN2S. The van der Waals surface area contributed by atoms with E-state index in [0.29, 0.717) is 0 Å². The Bertz CT molecular complexity index is 522. The van der Waals surface area contributed by atoms with Crippen LogP contribution in [0, 0.1) is 5.82 Å². The topological polar surface area (TPSA) is 15.3 Å². The highest BCUT2D eigenvalue weighted by Crippen LogP contribution is 2.18.